The Hall–Kier alpha value is -1.22. The molecule has 0 amide bonds. The van der Waals surface area contributed by atoms with E-state index in [1.165, 1.54) is 10.9 Å². The molecule has 0 spiro atoms. The maximum atomic E-state index is 13.4. The lowest BCUT2D eigenvalue weighted by molar-refractivity contribution is 0.592. The summed E-state index contributed by atoms with van der Waals surface area (Å²) in [5, 5.41) is 8.30. The van der Waals surface area contributed by atoms with Crippen molar-refractivity contribution in [1.29, 1.82) is 0 Å². The van der Waals surface area contributed by atoms with Crippen LogP contribution in [0.1, 0.15) is 10.6 Å². The number of guanidine groups is 1. The molecule has 21 heavy (non-hydrogen) atoms. The molecule has 7 heteroatoms. The number of thiophene rings is 1. The van der Waals surface area contributed by atoms with Crippen LogP contribution >= 0.6 is 35.3 Å². The molecular weight excluding hydrogens is 402 g/mol. The second kappa shape index (κ2) is 9.67. The van der Waals surface area contributed by atoms with E-state index in [1.54, 1.807) is 30.6 Å². The third-order valence-corrected chi connectivity index (χ3v) is 3.66. The summed E-state index contributed by atoms with van der Waals surface area (Å²) in [6.45, 7) is 1.09. The van der Waals surface area contributed by atoms with Crippen LogP contribution in [-0.4, -0.2) is 24.5 Å². The Morgan fingerprint density at radius 2 is 2.19 bits per heavy atom. The second-order valence-electron chi connectivity index (χ2n) is 4.11. The van der Waals surface area contributed by atoms with Gasteiger partial charge in [-0.05, 0) is 30.0 Å². The largest absolute Gasteiger partial charge is 0.356 e. The number of hydrogen-bond acceptors (Lipinski definition) is 3. The van der Waals surface area contributed by atoms with Crippen molar-refractivity contribution in [2.45, 2.75) is 13.0 Å². The highest BCUT2D eigenvalue weighted by atomic mass is 127. The number of pyridine rings is 1. The summed E-state index contributed by atoms with van der Waals surface area (Å²) in [6.07, 6.45) is 2.52. The maximum absolute atomic E-state index is 13.4. The van der Waals surface area contributed by atoms with Crippen LogP contribution in [0.3, 0.4) is 0 Å². The lowest BCUT2D eigenvalue weighted by atomic mass is 10.3. The fraction of sp³-hybridized carbons (Fsp3) is 0.286. The molecule has 2 heterocycles. The van der Waals surface area contributed by atoms with E-state index in [4.69, 9.17) is 0 Å². The molecule has 0 atom stereocenters. The summed E-state index contributed by atoms with van der Waals surface area (Å²) >= 11 is 1.73. The van der Waals surface area contributed by atoms with Crippen LogP contribution in [0.4, 0.5) is 4.39 Å². The molecule has 0 unspecified atom stereocenters. The van der Waals surface area contributed by atoms with Crippen LogP contribution in [0.25, 0.3) is 0 Å². The molecule has 0 radical (unpaired) electrons. The number of aromatic nitrogens is 1. The molecule has 2 N–H and O–H groups in total. The van der Waals surface area contributed by atoms with Gasteiger partial charge >= 0.3 is 0 Å². The molecule has 2 rings (SSSR count). The number of halogens is 2. The Labute approximate surface area is 144 Å². The normalized spacial score (nSPS) is 10.9. The molecule has 2 aromatic heterocycles. The van der Waals surface area contributed by atoms with Crippen molar-refractivity contribution in [3.63, 3.8) is 0 Å². The Morgan fingerprint density at radius 1 is 1.33 bits per heavy atom. The summed E-state index contributed by atoms with van der Waals surface area (Å²) in [6, 6.07) is 7.12. The smallest absolute Gasteiger partial charge is 0.191 e. The lowest BCUT2D eigenvalue weighted by Gasteiger charge is -2.11. The van der Waals surface area contributed by atoms with Gasteiger partial charge in [0.15, 0.2) is 5.96 Å². The van der Waals surface area contributed by atoms with E-state index in [9.17, 15) is 4.39 Å². The molecule has 0 fully saturated rings. The molecule has 0 bridgehead atoms. The van der Waals surface area contributed by atoms with Crippen molar-refractivity contribution >= 4 is 41.3 Å². The fourth-order valence-electron chi connectivity index (χ4n) is 1.70. The molecule has 0 aliphatic rings. The Morgan fingerprint density at radius 3 is 2.86 bits per heavy atom. The van der Waals surface area contributed by atoms with Gasteiger partial charge in [0, 0.05) is 24.7 Å². The second-order valence-corrected chi connectivity index (χ2v) is 5.15. The highest BCUT2D eigenvalue weighted by Gasteiger charge is 2.03. The van der Waals surface area contributed by atoms with Crippen molar-refractivity contribution in [1.82, 2.24) is 15.6 Å². The summed E-state index contributed by atoms with van der Waals surface area (Å²) < 4.78 is 13.4. The molecule has 0 aromatic carbocycles. The highest BCUT2D eigenvalue weighted by Crippen LogP contribution is 2.08. The molecule has 2 aromatic rings. The summed E-state index contributed by atoms with van der Waals surface area (Å²) in [5.74, 6) is 0.334. The van der Waals surface area contributed by atoms with E-state index < -0.39 is 0 Å². The molecule has 0 aliphatic carbocycles. The van der Waals surface area contributed by atoms with Crippen LogP contribution in [0.2, 0.25) is 0 Å². The van der Waals surface area contributed by atoms with E-state index >= 15 is 0 Å². The first-order valence-corrected chi connectivity index (χ1v) is 7.24. The zero-order chi connectivity index (χ0) is 14.2. The quantitative estimate of drug-likeness (QED) is 0.445. The van der Waals surface area contributed by atoms with Crippen LogP contribution in [0, 0.1) is 5.82 Å². The molecule has 0 saturated heterocycles. The van der Waals surface area contributed by atoms with Crippen molar-refractivity contribution in [2.24, 2.45) is 4.99 Å². The SMILES string of the molecule is CN=C(NCCc1cccs1)NCc1ncccc1F.I. The summed E-state index contributed by atoms with van der Waals surface area (Å²) in [7, 11) is 1.69. The van der Waals surface area contributed by atoms with E-state index in [0.717, 1.165) is 13.0 Å². The van der Waals surface area contributed by atoms with Gasteiger partial charge in [0.1, 0.15) is 5.82 Å². The predicted octanol–water partition coefficient (Wildman–Crippen LogP) is 2.81. The van der Waals surface area contributed by atoms with E-state index in [2.05, 4.69) is 32.1 Å². The minimum atomic E-state index is -0.311. The average Bonchev–Trinajstić information content (AvgIpc) is 2.97. The maximum Gasteiger partial charge on any atom is 0.191 e. The van der Waals surface area contributed by atoms with Gasteiger partial charge in [-0.3, -0.25) is 9.98 Å². The van der Waals surface area contributed by atoms with E-state index in [0.29, 0.717) is 18.2 Å². The van der Waals surface area contributed by atoms with Crippen molar-refractivity contribution in [2.75, 3.05) is 13.6 Å². The van der Waals surface area contributed by atoms with Gasteiger partial charge in [-0.25, -0.2) is 4.39 Å². The standard InChI is InChI=1S/C14H17FN4S.HI/c1-16-14(18-8-6-11-4-3-9-20-11)19-10-13-12(15)5-2-7-17-13;/h2-5,7,9H,6,8,10H2,1H3,(H2,16,18,19);1H. The van der Waals surface area contributed by atoms with Crippen molar-refractivity contribution in [3.05, 3.63) is 52.2 Å². The first-order valence-electron chi connectivity index (χ1n) is 6.36. The number of nitrogens with one attached hydrogen (secondary N) is 2. The van der Waals surface area contributed by atoms with Gasteiger partial charge in [0.2, 0.25) is 0 Å². The van der Waals surface area contributed by atoms with Crippen LogP contribution < -0.4 is 10.6 Å². The third kappa shape index (κ3) is 5.96. The van der Waals surface area contributed by atoms with Crippen molar-refractivity contribution < 1.29 is 4.39 Å². The topological polar surface area (TPSA) is 49.3 Å². The summed E-state index contributed by atoms with van der Waals surface area (Å²) in [5.41, 5.74) is 0.383. The molecule has 0 saturated carbocycles. The number of nitrogens with zero attached hydrogens (tertiary/aromatic N) is 2. The Balaban J connectivity index is 0.00000220. The van der Waals surface area contributed by atoms with Gasteiger partial charge in [-0.15, -0.1) is 35.3 Å². The van der Waals surface area contributed by atoms with E-state index in [-0.39, 0.29) is 29.8 Å². The third-order valence-electron chi connectivity index (χ3n) is 2.73. The van der Waals surface area contributed by atoms with Gasteiger partial charge in [0.05, 0.1) is 12.2 Å². The first-order chi connectivity index (χ1) is 9.79. The minimum Gasteiger partial charge on any atom is -0.356 e. The van der Waals surface area contributed by atoms with Crippen LogP contribution in [0.15, 0.2) is 40.8 Å². The van der Waals surface area contributed by atoms with E-state index in [1.807, 2.05) is 6.07 Å². The van der Waals surface area contributed by atoms with Gasteiger partial charge in [-0.1, -0.05) is 6.07 Å². The van der Waals surface area contributed by atoms with Crippen LogP contribution in [0.5, 0.6) is 0 Å². The van der Waals surface area contributed by atoms with Gasteiger partial charge in [0.25, 0.3) is 0 Å². The van der Waals surface area contributed by atoms with Crippen LogP contribution in [-0.2, 0) is 13.0 Å². The molecule has 114 valence electrons. The average molecular weight is 420 g/mol. The lowest BCUT2D eigenvalue weighted by Crippen LogP contribution is -2.38. The zero-order valence-corrected chi connectivity index (χ0v) is 14.8. The predicted molar refractivity (Wildman–Crippen MR) is 95.8 cm³/mol. The number of rotatable bonds is 5. The van der Waals surface area contributed by atoms with Gasteiger partial charge < -0.3 is 10.6 Å². The number of aliphatic imine (C=N–C) groups is 1. The molecule has 4 nitrogen and oxygen atoms in total. The zero-order valence-electron chi connectivity index (χ0n) is 11.7. The van der Waals surface area contributed by atoms with Gasteiger partial charge in [-0.2, -0.15) is 0 Å². The Kier molecular flexibility index (Phi) is 8.21. The first kappa shape index (κ1) is 17.8. The summed E-state index contributed by atoms with van der Waals surface area (Å²) in [4.78, 5) is 9.41. The fourth-order valence-corrected chi connectivity index (χ4v) is 2.40. The Bertz CT molecular complexity index is 560. The number of hydrogen-bond donors (Lipinski definition) is 2. The highest BCUT2D eigenvalue weighted by molar-refractivity contribution is 14.0. The molecule has 0 aliphatic heterocycles. The minimum absolute atomic E-state index is 0. The monoisotopic (exact) mass is 420 g/mol. The van der Waals surface area contributed by atoms with Crippen molar-refractivity contribution in [3.8, 4) is 0 Å². The molecular formula is C14H18FIN4S.